The molecule has 1 N–H and O–H groups in total. The zero-order valence-electron chi connectivity index (χ0n) is 20.8. The molecule has 1 amide bonds. The lowest BCUT2D eigenvalue weighted by molar-refractivity contribution is -0.140. The number of amides is 1. The molecule has 0 spiro atoms. The van der Waals surface area contributed by atoms with Crippen LogP contribution in [0.4, 0.5) is 0 Å². The smallest absolute Gasteiger partial charge is 0.295 e. The van der Waals surface area contributed by atoms with Gasteiger partial charge in [0.05, 0.1) is 24.3 Å². The number of carbonyl (C=O) groups excluding carboxylic acids is 2. The number of carbonyl (C=O) groups is 2. The molecule has 0 saturated carbocycles. The van der Waals surface area contributed by atoms with E-state index < -0.39 is 17.7 Å². The van der Waals surface area contributed by atoms with Crippen LogP contribution in [0.5, 0.6) is 5.75 Å². The van der Waals surface area contributed by atoms with E-state index in [-0.39, 0.29) is 17.4 Å². The Hall–Kier alpha value is -3.12. The number of aliphatic hydroxyl groups excluding tert-OH is 1. The van der Waals surface area contributed by atoms with Crippen LogP contribution in [0.2, 0.25) is 0 Å². The standard InChI is InChI=1S/C28H35NO5/c1-6-15-34-23-13-12-21(17-20(23)5)26(30)24-25(22-11-8-7-10-19(22)4)29(28(32)27(24)31)14-9-16-33-18(2)3/h7-8,10-13,17-18,25,30H,6,9,14-16H2,1-5H3/b26-24+. The normalized spacial score (nSPS) is 17.6. The summed E-state index contributed by atoms with van der Waals surface area (Å²) in [5, 5.41) is 11.3. The number of benzene rings is 2. The quantitative estimate of drug-likeness (QED) is 0.222. The second-order valence-corrected chi connectivity index (χ2v) is 8.95. The van der Waals surface area contributed by atoms with Crippen LogP contribution < -0.4 is 4.74 Å². The van der Waals surface area contributed by atoms with Crippen molar-refractivity contribution in [2.75, 3.05) is 19.8 Å². The fraction of sp³-hybridized carbons (Fsp3) is 0.429. The van der Waals surface area contributed by atoms with E-state index in [9.17, 15) is 14.7 Å². The van der Waals surface area contributed by atoms with E-state index in [4.69, 9.17) is 9.47 Å². The second kappa shape index (κ2) is 11.3. The number of aryl methyl sites for hydroxylation is 2. The van der Waals surface area contributed by atoms with Gasteiger partial charge in [-0.3, -0.25) is 9.59 Å². The van der Waals surface area contributed by atoms with Gasteiger partial charge >= 0.3 is 0 Å². The Morgan fingerprint density at radius 3 is 2.44 bits per heavy atom. The molecule has 3 rings (SSSR count). The summed E-state index contributed by atoms with van der Waals surface area (Å²) in [6.07, 6.45) is 1.58. The lowest BCUT2D eigenvalue weighted by Gasteiger charge is -2.26. The number of ether oxygens (including phenoxy) is 2. The first kappa shape index (κ1) is 25.5. The minimum Gasteiger partial charge on any atom is -0.507 e. The van der Waals surface area contributed by atoms with Crippen LogP contribution in [0.15, 0.2) is 48.0 Å². The average molecular weight is 466 g/mol. The Bertz CT molecular complexity index is 1070. The fourth-order valence-electron chi connectivity index (χ4n) is 4.21. The van der Waals surface area contributed by atoms with Crippen LogP contribution in [0.25, 0.3) is 5.76 Å². The minimum absolute atomic E-state index is 0.0927. The van der Waals surface area contributed by atoms with E-state index in [2.05, 4.69) is 0 Å². The summed E-state index contributed by atoms with van der Waals surface area (Å²) in [5.74, 6) is -0.699. The molecule has 1 aliphatic heterocycles. The van der Waals surface area contributed by atoms with Crippen molar-refractivity contribution in [3.63, 3.8) is 0 Å². The van der Waals surface area contributed by atoms with Gasteiger partial charge in [0, 0.05) is 18.7 Å². The number of rotatable bonds is 10. The molecule has 0 aliphatic carbocycles. The van der Waals surface area contributed by atoms with Crippen molar-refractivity contribution in [2.24, 2.45) is 0 Å². The van der Waals surface area contributed by atoms with Gasteiger partial charge in [0.2, 0.25) is 0 Å². The maximum absolute atomic E-state index is 13.2. The van der Waals surface area contributed by atoms with Gasteiger partial charge < -0.3 is 19.5 Å². The number of Topliss-reactive ketones (excluding diaryl/α,β-unsaturated/α-hetero) is 1. The molecule has 1 atom stereocenters. The molecule has 2 aromatic rings. The monoisotopic (exact) mass is 465 g/mol. The van der Waals surface area contributed by atoms with E-state index >= 15 is 0 Å². The van der Waals surface area contributed by atoms with Crippen LogP contribution in [0, 0.1) is 13.8 Å². The summed E-state index contributed by atoms with van der Waals surface area (Å²) in [5.41, 5.74) is 3.23. The lowest BCUT2D eigenvalue weighted by atomic mass is 9.92. The van der Waals surface area contributed by atoms with Gasteiger partial charge in [-0.2, -0.15) is 0 Å². The molecule has 1 aliphatic rings. The topological polar surface area (TPSA) is 76.1 Å². The van der Waals surface area contributed by atoms with E-state index in [1.54, 1.807) is 23.1 Å². The highest BCUT2D eigenvalue weighted by Gasteiger charge is 2.46. The second-order valence-electron chi connectivity index (χ2n) is 8.95. The molecule has 6 nitrogen and oxygen atoms in total. The molecule has 182 valence electrons. The predicted octanol–water partition coefficient (Wildman–Crippen LogP) is 5.33. The van der Waals surface area contributed by atoms with Crippen LogP contribution in [0.3, 0.4) is 0 Å². The first-order valence-electron chi connectivity index (χ1n) is 12.0. The third kappa shape index (κ3) is 5.50. The zero-order valence-corrected chi connectivity index (χ0v) is 20.8. The van der Waals surface area contributed by atoms with Crippen LogP contribution >= 0.6 is 0 Å². The summed E-state index contributed by atoms with van der Waals surface area (Å²) >= 11 is 0. The van der Waals surface area contributed by atoms with Gasteiger partial charge in [0.15, 0.2) is 0 Å². The maximum atomic E-state index is 13.2. The van der Waals surface area contributed by atoms with Crippen molar-refractivity contribution >= 4 is 17.4 Å². The van der Waals surface area contributed by atoms with Crippen molar-refractivity contribution in [3.05, 3.63) is 70.3 Å². The summed E-state index contributed by atoms with van der Waals surface area (Å²) in [4.78, 5) is 27.8. The van der Waals surface area contributed by atoms with Gasteiger partial charge in [-0.15, -0.1) is 0 Å². The molecule has 1 fully saturated rings. The number of hydrogen-bond donors (Lipinski definition) is 1. The van der Waals surface area contributed by atoms with Gasteiger partial charge in [-0.1, -0.05) is 31.2 Å². The van der Waals surface area contributed by atoms with Gasteiger partial charge in [0.1, 0.15) is 11.5 Å². The lowest BCUT2D eigenvalue weighted by Crippen LogP contribution is -2.31. The minimum atomic E-state index is -0.667. The summed E-state index contributed by atoms with van der Waals surface area (Å²) < 4.78 is 11.4. The van der Waals surface area contributed by atoms with Crippen molar-refractivity contribution < 1.29 is 24.2 Å². The van der Waals surface area contributed by atoms with E-state index in [1.807, 2.05) is 58.9 Å². The Morgan fingerprint density at radius 2 is 1.79 bits per heavy atom. The Kier molecular flexibility index (Phi) is 8.51. The van der Waals surface area contributed by atoms with Crippen molar-refractivity contribution in [1.29, 1.82) is 0 Å². The molecule has 1 heterocycles. The molecular formula is C28H35NO5. The largest absolute Gasteiger partial charge is 0.507 e. The van der Waals surface area contributed by atoms with Crippen molar-refractivity contribution in [2.45, 2.75) is 59.6 Å². The van der Waals surface area contributed by atoms with Crippen LogP contribution in [0.1, 0.15) is 61.9 Å². The highest BCUT2D eigenvalue weighted by Crippen LogP contribution is 2.41. The molecular weight excluding hydrogens is 430 g/mol. The Labute approximate surface area is 202 Å². The van der Waals surface area contributed by atoms with E-state index in [1.165, 1.54) is 0 Å². The van der Waals surface area contributed by atoms with Gasteiger partial charge in [-0.25, -0.2) is 0 Å². The number of likely N-dealkylation sites (tertiary alicyclic amines) is 1. The first-order valence-corrected chi connectivity index (χ1v) is 12.0. The third-order valence-electron chi connectivity index (χ3n) is 5.93. The zero-order chi connectivity index (χ0) is 24.8. The van der Waals surface area contributed by atoms with Gasteiger partial charge in [-0.05, 0) is 75.4 Å². The van der Waals surface area contributed by atoms with Crippen LogP contribution in [-0.2, 0) is 14.3 Å². The average Bonchev–Trinajstić information content (AvgIpc) is 3.05. The van der Waals surface area contributed by atoms with Crippen molar-refractivity contribution in [1.82, 2.24) is 4.90 Å². The predicted molar refractivity (Wildman–Crippen MR) is 133 cm³/mol. The molecule has 34 heavy (non-hydrogen) atoms. The molecule has 0 aromatic heterocycles. The summed E-state index contributed by atoms with van der Waals surface area (Å²) in [6.45, 7) is 11.2. The number of hydrogen-bond acceptors (Lipinski definition) is 5. The molecule has 1 unspecified atom stereocenters. The molecule has 2 aromatic carbocycles. The van der Waals surface area contributed by atoms with Crippen molar-refractivity contribution in [3.8, 4) is 5.75 Å². The van der Waals surface area contributed by atoms with E-state index in [0.29, 0.717) is 31.7 Å². The van der Waals surface area contributed by atoms with Crippen LogP contribution in [-0.4, -0.2) is 47.6 Å². The number of ketones is 1. The molecule has 0 bridgehead atoms. The SMILES string of the molecule is CCCOc1ccc(/C(O)=C2\C(=O)C(=O)N(CCCOC(C)C)C2c2ccccc2C)cc1C. The molecule has 6 heteroatoms. The fourth-order valence-corrected chi connectivity index (χ4v) is 4.21. The summed E-state index contributed by atoms with van der Waals surface area (Å²) in [6, 6.07) is 12.3. The molecule has 0 radical (unpaired) electrons. The Balaban J connectivity index is 2.03. The van der Waals surface area contributed by atoms with Gasteiger partial charge in [0.25, 0.3) is 11.7 Å². The third-order valence-corrected chi connectivity index (χ3v) is 5.93. The Morgan fingerprint density at radius 1 is 1.06 bits per heavy atom. The number of aliphatic hydroxyl groups is 1. The highest BCUT2D eigenvalue weighted by atomic mass is 16.5. The number of nitrogens with zero attached hydrogens (tertiary/aromatic N) is 1. The first-order chi connectivity index (χ1) is 16.3. The molecule has 1 saturated heterocycles. The maximum Gasteiger partial charge on any atom is 0.295 e. The van der Waals surface area contributed by atoms with E-state index in [0.717, 1.165) is 28.9 Å². The highest BCUT2D eigenvalue weighted by molar-refractivity contribution is 6.46. The summed E-state index contributed by atoms with van der Waals surface area (Å²) in [7, 11) is 0.